The minimum atomic E-state index is -4.76. The summed E-state index contributed by atoms with van der Waals surface area (Å²) in [6.07, 6.45) is 2.61. The molecule has 0 aliphatic carbocycles. The Hall–Kier alpha value is -3.08. The number of rotatable bonds is 9. The van der Waals surface area contributed by atoms with Crippen molar-refractivity contribution in [2.75, 3.05) is 6.79 Å². The van der Waals surface area contributed by atoms with E-state index in [-0.39, 0.29) is 11.3 Å². The van der Waals surface area contributed by atoms with Crippen LogP contribution in [-0.2, 0) is 23.4 Å². The standard InChI is InChI=1S/C24H24ClN2O8PS/c1-24(2,3)23(29)34-14-35-36(32,33)21(19-13-37-20-8-7-16(25)12-18(19)20)22(28)26-10-9-15-5-4-6-17(11-15)27(30)31/h4-13,21H,14H2,1-3H3,(H,26,28)(H,32,33)/b10-9+. The Bertz CT molecular complexity index is 1420. The van der Waals surface area contributed by atoms with Crippen molar-refractivity contribution >= 4 is 64.3 Å². The number of carbonyl (C=O) groups excluding carboxylic acids is 2. The third-order valence-corrected chi connectivity index (χ3v) is 7.91. The molecule has 2 unspecified atom stereocenters. The summed E-state index contributed by atoms with van der Waals surface area (Å²) in [6, 6.07) is 10.6. The van der Waals surface area contributed by atoms with Crippen molar-refractivity contribution in [3.05, 3.63) is 80.3 Å². The van der Waals surface area contributed by atoms with E-state index in [1.165, 1.54) is 41.8 Å². The van der Waals surface area contributed by atoms with Crippen molar-refractivity contribution in [3.63, 3.8) is 0 Å². The van der Waals surface area contributed by atoms with Gasteiger partial charge in [-0.25, -0.2) is 0 Å². The van der Waals surface area contributed by atoms with Gasteiger partial charge in [0.15, 0.2) is 5.66 Å². The molecule has 0 fully saturated rings. The highest BCUT2D eigenvalue weighted by Crippen LogP contribution is 2.58. The third-order valence-electron chi connectivity index (χ3n) is 5.06. The summed E-state index contributed by atoms with van der Waals surface area (Å²) in [4.78, 5) is 46.5. The van der Waals surface area contributed by atoms with Gasteiger partial charge in [-0.15, -0.1) is 11.3 Å². The van der Waals surface area contributed by atoms with Crippen molar-refractivity contribution in [3.8, 4) is 0 Å². The van der Waals surface area contributed by atoms with E-state index in [2.05, 4.69) is 5.32 Å². The summed E-state index contributed by atoms with van der Waals surface area (Å²) < 4.78 is 24.1. The summed E-state index contributed by atoms with van der Waals surface area (Å²) in [5.41, 5.74) is -2.06. The second-order valence-corrected chi connectivity index (χ2v) is 12.2. The number of non-ortho nitro benzene ring substituents is 1. The molecule has 1 heterocycles. The lowest BCUT2D eigenvalue weighted by molar-refractivity contribution is -0.384. The van der Waals surface area contributed by atoms with Gasteiger partial charge >= 0.3 is 13.6 Å². The zero-order valence-corrected chi connectivity index (χ0v) is 22.5. The molecule has 0 saturated heterocycles. The Morgan fingerprint density at radius 1 is 1.27 bits per heavy atom. The SMILES string of the molecule is CC(C)(C)C(=O)OCOP(=O)(O)C(C(=O)N/C=C/c1cccc([N+](=O)[O-])c1)c1csc2ccc(Cl)cc12. The molecule has 0 bridgehead atoms. The summed E-state index contributed by atoms with van der Waals surface area (Å²) in [6.45, 7) is 4.00. The molecule has 0 radical (unpaired) electrons. The molecule has 3 aromatic rings. The smallest absolute Gasteiger partial charge is 0.347 e. The monoisotopic (exact) mass is 566 g/mol. The summed E-state index contributed by atoms with van der Waals surface area (Å²) in [5, 5.41) is 15.8. The maximum Gasteiger partial charge on any atom is 0.347 e. The fourth-order valence-electron chi connectivity index (χ4n) is 3.19. The first-order chi connectivity index (χ1) is 17.3. The predicted octanol–water partition coefficient (Wildman–Crippen LogP) is 6.04. The third kappa shape index (κ3) is 7.24. The summed E-state index contributed by atoms with van der Waals surface area (Å²) >= 11 is 7.37. The van der Waals surface area contributed by atoms with Gasteiger partial charge in [0.1, 0.15) is 0 Å². The molecule has 1 aromatic heterocycles. The van der Waals surface area contributed by atoms with E-state index < -0.39 is 42.3 Å². The number of hydrogen-bond acceptors (Lipinski definition) is 8. The van der Waals surface area contributed by atoms with E-state index in [1.54, 1.807) is 50.4 Å². The number of nitrogens with zero attached hydrogens (tertiary/aromatic N) is 1. The van der Waals surface area contributed by atoms with Crippen LogP contribution in [0.5, 0.6) is 0 Å². The fraction of sp³-hybridized carbons (Fsp3) is 0.250. The van der Waals surface area contributed by atoms with Crippen molar-refractivity contribution in [2.45, 2.75) is 26.4 Å². The van der Waals surface area contributed by atoms with Gasteiger partial charge in [-0.1, -0.05) is 23.7 Å². The number of hydrogen-bond donors (Lipinski definition) is 2. The molecule has 0 aliphatic rings. The van der Waals surface area contributed by atoms with Gasteiger partial charge in [0, 0.05) is 28.1 Å². The molecule has 0 spiro atoms. The molecule has 0 aliphatic heterocycles. The Morgan fingerprint density at radius 2 is 2.00 bits per heavy atom. The number of carbonyl (C=O) groups is 2. The molecule has 0 saturated carbocycles. The van der Waals surface area contributed by atoms with E-state index in [9.17, 15) is 29.2 Å². The van der Waals surface area contributed by atoms with Crippen LogP contribution in [-0.4, -0.2) is 28.5 Å². The number of benzene rings is 2. The minimum absolute atomic E-state index is 0.133. The zero-order chi connectivity index (χ0) is 27.4. The number of nitro benzene ring substituents is 1. The van der Waals surface area contributed by atoms with Crippen LogP contribution in [0.1, 0.15) is 37.6 Å². The van der Waals surface area contributed by atoms with Gasteiger partial charge in [-0.3, -0.25) is 28.8 Å². The molecule has 196 valence electrons. The number of fused-ring (bicyclic) bond motifs is 1. The second-order valence-electron chi connectivity index (χ2n) is 8.92. The number of nitro groups is 1. The number of nitrogens with one attached hydrogen (secondary N) is 1. The van der Waals surface area contributed by atoms with Gasteiger partial charge in [0.2, 0.25) is 12.7 Å². The number of thiophene rings is 1. The van der Waals surface area contributed by atoms with Crippen LogP contribution in [0, 0.1) is 15.5 Å². The average molecular weight is 567 g/mol. The highest BCUT2D eigenvalue weighted by Gasteiger charge is 2.42. The summed E-state index contributed by atoms with van der Waals surface area (Å²) in [7, 11) is -4.76. The largest absolute Gasteiger partial charge is 0.438 e. The topological polar surface area (TPSA) is 145 Å². The van der Waals surface area contributed by atoms with Gasteiger partial charge in [-0.2, -0.15) is 0 Å². The molecule has 2 atom stereocenters. The number of amides is 1. The second kappa shape index (κ2) is 11.5. The van der Waals surface area contributed by atoms with Crippen molar-refractivity contribution < 1.29 is 33.2 Å². The molecule has 3 rings (SSSR count). The van der Waals surface area contributed by atoms with Gasteiger partial charge in [0.05, 0.1) is 10.3 Å². The average Bonchev–Trinajstić information content (AvgIpc) is 3.20. The Morgan fingerprint density at radius 3 is 2.68 bits per heavy atom. The summed E-state index contributed by atoms with van der Waals surface area (Å²) in [5.74, 6) is -1.53. The molecule has 37 heavy (non-hydrogen) atoms. The van der Waals surface area contributed by atoms with Crippen LogP contribution in [0.25, 0.3) is 16.2 Å². The van der Waals surface area contributed by atoms with Crippen molar-refractivity contribution in [1.29, 1.82) is 0 Å². The molecule has 2 N–H and O–H groups in total. The Kier molecular flexibility index (Phi) is 8.88. The lowest BCUT2D eigenvalue weighted by Gasteiger charge is -2.22. The van der Waals surface area contributed by atoms with Crippen LogP contribution in [0.3, 0.4) is 0 Å². The predicted molar refractivity (Wildman–Crippen MR) is 141 cm³/mol. The van der Waals surface area contributed by atoms with Crippen LogP contribution in [0.4, 0.5) is 5.69 Å². The highest BCUT2D eigenvalue weighted by molar-refractivity contribution is 7.54. The van der Waals surface area contributed by atoms with E-state index in [0.717, 1.165) is 4.70 Å². The lowest BCUT2D eigenvalue weighted by atomic mass is 9.98. The number of esters is 1. The zero-order valence-electron chi connectivity index (χ0n) is 20.0. The normalized spacial score (nSPS) is 14.3. The molecule has 13 heteroatoms. The molecular weight excluding hydrogens is 543 g/mol. The van der Waals surface area contributed by atoms with Crippen LogP contribution in [0.15, 0.2) is 54.0 Å². The van der Waals surface area contributed by atoms with E-state index in [4.69, 9.17) is 20.9 Å². The van der Waals surface area contributed by atoms with E-state index in [0.29, 0.717) is 16.0 Å². The highest BCUT2D eigenvalue weighted by atomic mass is 35.5. The van der Waals surface area contributed by atoms with Gasteiger partial charge in [0.25, 0.3) is 5.69 Å². The van der Waals surface area contributed by atoms with Crippen molar-refractivity contribution in [2.24, 2.45) is 5.41 Å². The first-order valence-corrected chi connectivity index (χ1v) is 13.7. The van der Waals surface area contributed by atoms with Gasteiger partial charge in [-0.05, 0) is 66.9 Å². The Balaban J connectivity index is 1.89. The molecule has 1 amide bonds. The quantitative estimate of drug-likeness (QED) is 0.105. The molecule has 2 aromatic carbocycles. The molecule has 10 nitrogen and oxygen atoms in total. The van der Waals surface area contributed by atoms with E-state index >= 15 is 0 Å². The van der Waals surface area contributed by atoms with Crippen LogP contribution >= 0.6 is 30.5 Å². The van der Waals surface area contributed by atoms with E-state index in [1.807, 2.05) is 0 Å². The first-order valence-electron chi connectivity index (χ1n) is 10.8. The lowest BCUT2D eigenvalue weighted by Crippen LogP contribution is -2.27. The number of halogens is 1. The Labute approximate surface area is 221 Å². The fourth-order valence-corrected chi connectivity index (χ4v) is 5.71. The number of ether oxygens (including phenoxy) is 1. The molecular formula is C24H24ClN2O8PS. The van der Waals surface area contributed by atoms with Crippen molar-refractivity contribution in [1.82, 2.24) is 5.32 Å². The maximum atomic E-state index is 13.3. The van der Waals surface area contributed by atoms with Gasteiger partial charge < -0.3 is 14.9 Å². The van der Waals surface area contributed by atoms with Crippen LogP contribution < -0.4 is 5.32 Å². The first kappa shape index (κ1) is 28.5. The maximum absolute atomic E-state index is 13.3. The minimum Gasteiger partial charge on any atom is -0.438 e. The van der Waals surface area contributed by atoms with Crippen LogP contribution in [0.2, 0.25) is 5.02 Å².